The second-order valence-electron chi connectivity index (χ2n) is 4.44. The summed E-state index contributed by atoms with van der Waals surface area (Å²) in [6.07, 6.45) is 7.95. The summed E-state index contributed by atoms with van der Waals surface area (Å²) in [5.74, 6) is 0. The van der Waals surface area contributed by atoms with Crippen molar-refractivity contribution in [3.63, 3.8) is 0 Å². The Morgan fingerprint density at radius 2 is 1.94 bits per heavy atom. The summed E-state index contributed by atoms with van der Waals surface area (Å²) in [5, 5.41) is 3.37. The Balaban J connectivity index is 2.43. The molecule has 1 rings (SSSR count). The molecule has 0 radical (unpaired) electrons. The molecule has 0 fully saturated rings. The molecule has 1 heterocycles. The van der Waals surface area contributed by atoms with Crippen LogP contribution in [0.2, 0.25) is 0 Å². The number of anilines is 1. The lowest BCUT2D eigenvalue weighted by molar-refractivity contribution is 0.653. The Morgan fingerprint density at radius 3 is 2.65 bits per heavy atom. The molecule has 0 aliphatic carbocycles. The lowest BCUT2D eigenvalue weighted by atomic mass is 10.2. The van der Waals surface area contributed by atoms with Gasteiger partial charge in [-0.15, -0.1) is 0 Å². The number of unbranched alkanes of at least 4 members (excludes halogenated alkanes) is 3. The van der Waals surface area contributed by atoms with E-state index in [9.17, 15) is 4.79 Å². The maximum atomic E-state index is 11.5. The van der Waals surface area contributed by atoms with Crippen molar-refractivity contribution in [2.45, 2.75) is 52.5 Å². The molecule has 0 saturated heterocycles. The standard InChI is InChI=1S/C14H24N2O/c1-3-5-6-7-10-15-13-8-9-14(17)16(12-13)11-4-2/h8-9,12,15H,3-7,10-11H2,1-2H3. The van der Waals surface area contributed by atoms with Crippen LogP contribution in [-0.2, 0) is 6.54 Å². The average molecular weight is 236 g/mol. The summed E-state index contributed by atoms with van der Waals surface area (Å²) in [6.45, 7) is 6.08. The lowest BCUT2D eigenvalue weighted by Crippen LogP contribution is -2.19. The highest BCUT2D eigenvalue weighted by atomic mass is 16.1. The van der Waals surface area contributed by atoms with Gasteiger partial charge in [0.05, 0.1) is 5.69 Å². The van der Waals surface area contributed by atoms with Gasteiger partial charge in [-0.3, -0.25) is 4.79 Å². The molecule has 0 atom stereocenters. The van der Waals surface area contributed by atoms with Gasteiger partial charge in [0, 0.05) is 25.4 Å². The van der Waals surface area contributed by atoms with Crippen LogP contribution in [-0.4, -0.2) is 11.1 Å². The van der Waals surface area contributed by atoms with Crippen molar-refractivity contribution in [1.29, 1.82) is 0 Å². The summed E-state index contributed by atoms with van der Waals surface area (Å²) in [7, 11) is 0. The van der Waals surface area contributed by atoms with Crippen LogP contribution in [0, 0.1) is 0 Å². The first-order valence-corrected chi connectivity index (χ1v) is 6.72. The molecule has 0 spiro atoms. The second-order valence-corrected chi connectivity index (χ2v) is 4.44. The summed E-state index contributed by atoms with van der Waals surface area (Å²) < 4.78 is 1.77. The van der Waals surface area contributed by atoms with Gasteiger partial charge in [-0.1, -0.05) is 33.1 Å². The predicted octanol–water partition coefficient (Wildman–Crippen LogP) is 3.25. The van der Waals surface area contributed by atoms with E-state index in [1.165, 1.54) is 25.7 Å². The number of pyridine rings is 1. The molecule has 3 heteroatoms. The monoisotopic (exact) mass is 236 g/mol. The Labute approximate surface area is 104 Å². The van der Waals surface area contributed by atoms with Crippen LogP contribution >= 0.6 is 0 Å². The molecule has 96 valence electrons. The summed E-state index contributed by atoms with van der Waals surface area (Å²) in [5.41, 5.74) is 1.14. The van der Waals surface area contributed by atoms with E-state index < -0.39 is 0 Å². The minimum atomic E-state index is 0.0865. The summed E-state index contributed by atoms with van der Waals surface area (Å²) >= 11 is 0. The van der Waals surface area contributed by atoms with Crippen LogP contribution in [0.1, 0.15) is 46.0 Å². The van der Waals surface area contributed by atoms with Crippen LogP contribution in [0.3, 0.4) is 0 Å². The molecular weight excluding hydrogens is 212 g/mol. The fourth-order valence-corrected chi connectivity index (χ4v) is 1.84. The first-order chi connectivity index (χ1) is 8.27. The molecule has 0 aliphatic rings. The number of aryl methyl sites for hydroxylation is 1. The average Bonchev–Trinajstić information content (AvgIpc) is 2.33. The van der Waals surface area contributed by atoms with Crippen molar-refractivity contribution in [3.05, 3.63) is 28.7 Å². The molecule has 17 heavy (non-hydrogen) atoms. The van der Waals surface area contributed by atoms with Gasteiger partial charge in [-0.05, 0) is 18.9 Å². The molecule has 0 bridgehead atoms. The molecule has 1 aromatic rings. The number of nitrogens with one attached hydrogen (secondary N) is 1. The molecule has 0 amide bonds. The minimum Gasteiger partial charge on any atom is -0.384 e. The third-order valence-electron chi connectivity index (χ3n) is 2.81. The van der Waals surface area contributed by atoms with Crippen molar-refractivity contribution < 1.29 is 0 Å². The van der Waals surface area contributed by atoms with E-state index in [1.54, 1.807) is 10.6 Å². The third kappa shape index (κ3) is 5.07. The van der Waals surface area contributed by atoms with E-state index in [2.05, 4.69) is 19.2 Å². The molecule has 1 N–H and O–H groups in total. The highest BCUT2D eigenvalue weighted by Gasteiger charge is 1.97. The molecular formula is C14H24N2O. The van der Waals surface area contributed by atoms with Gasteiger partial charge in [0.25, 0.3) is 5.56 Å². The van der Waals surface area contributed by atoms with Gasteiger partial charge in [-0.25, -0.2) is 0 Å². The minimum absolute atomic E-state index is 0.0865. The van der Waals surface area contributed by atoms with Crippen LogP contribution < -0.4 is 10.9 Å². The molecule has 0 unspecified atom stereocenters. The molecule has 1 aromatic heterocycles. The Kier molecular flexibility index (Phi) is 6.45. The van der Waals surface area contributed by atoms with E-state index in [4.69, 9.17) is 0 Å². The van der Waals surface area contributed by atoms with E-state index >= 15 is 0 Å². The van der Waals surface area contributed by atoms with Crippen LogP contribution in [0.25, 0.3) is 0 Å². The third-order valence-corrected chi connectivity index (χ3v) is 2.81. The Bertz CT molecular complexity index is 371. The number of hydrogen-bond donors (Lipinski definition) is 1. The topological polar surface area (TPSA) is 34.0 Å². The zero-order valence-corrected chi connectivity index (χ0v) is 11.0. The molecule has 3 nitrogen and oxygen atoms in total. The lowest BCUT2D eigenvalue weighted by Gasteiger charge is -2.09. The highest BCUT2D eigenvalue weighted by Crippen LogP contribution is 2.05. The predicted molar refractivity (Wildman–Crippen MR) is 73.6 cm³/mol. The zero-order chi connectivity index (χ0) is 12.5. The highest BCUT2D eigenvalue weighted by molar-refractivity contribution is 5.40. The van der Waals surface area contributed by atoms with Crippen molar-refractivity contribution in [1.82, 2.24) is 4.57 Å². The van der Waals surface area contributed by atoms with Crippen molar-refractivity contribution >= 4 is 5.69 Å². The van der Waals surface area contributed by atoms with Gasteiger partial charge in [0.1, 0.15) is 0 Å². The fourth-order valence-electron chi connectivity index (χ4n) is 1.84. The van der Waals surface area contributed by atoms with Crippen molar-refractivity contribution in [3.8, 4) is 0 Å². The number of aromatic nitrogens is 1. The SMILES string of the molecule is CCCCCCNc1ccc(=O)n(CCC)c1. The van der Waals surface area contributed by atoms with Crippen molar-refractivity contribution in [2.75, 3.05) is 11.9 Å². The van der Waals surface area contributed by atoms with Gasteiger partial charge < -0.3 is 9.88 Å². The van der Waals surface area contributed by atoms with Gasteiger partial charge in [0.2, 0.25) is 0 Å². The smallest absolute Gasteiger partial charge is 0.250 e. The van der Waals surface area contributed by atoms with Gasteiger partial charge in [-0.2, -0.15) is 0 Å². The first kappa shape index (κ1) is 13.8. The largest absolute Gasteiger partial charge is 0.384 e. The summed E-state index contributed by atoms with van der Waals surface area (Å²) in [4.78, 5) is 11.5. The zero-order valence-electron chi connectivity index (χ0n) is 11.0. The number of rotatable bonds is 8. The molecule has 0 aromatic carbocycles. The summed E-state index contributed by atoms with van der Waals surface area (Å²) in [6, 6.07) is 3.51. The van der Waals surface area contributed by atoms with Crippen LogP contribution in [0.15, 0.2) is 23.1 Å². The second kappa shape index (κ2) is 7.93. The normalized spacial score (nSPS) is 10.5. The Hall–Kier alpha value is -1.25. The van der Waals surface area contributed by atoms with Gasteiger partial charge in [0.15, 0.2) is 0 Å². The fraction of sp³-hybridized carbons (Fsp3) is 0.643. The van der Waals surface area contributed by atoms with E-state index in [-0.39, 0.29) is 5.56 Å². The van der Waals surface area contributed by atoms with Crippen molar-refractivity contribution in [2.24, 2.45) is 0 Å². The Morgan fingerprint density at radius 1 is 1.12 bits per heavy atom. The van der Waals surface area contributed by atoms with E-state index in [0.717, 1.165) is 25.2 Å². The first-order valence-electron chi connectivity index (χ1n) is 6.72. The van der Waals surface area contributed by atoms with Gasteiger partial charge >= 0.3 is 0 Å². The molecule has 0 aliphatic heterocycles. The molecule has 0 saturated carbocycles. The quantitative estimate of drug-likeness (QED) is 0.703. The number of nitrogens with zero attached hydrogens (tertiary/aromatic N) is 1. The van der Waals surface area contributed by atoms with E-state index in [0.29, 0.717) is 0 Å². The van der Waals surface area contributed by atoms with Crippen LogP contribution in [0.4, 0.5) is 5.69 Å². The number of hydrogen-bond acceptors (Lipinski definition) is 2. The maximum Gasteiger partial charge on any atom is 0.250 e. The maximum absolute atomic E-state index is 11.5. The van der Waals surface area contributed by atoms with E-state index in [1.807, 2.05) is 12.3 Å². The van der Waals surface area contributed by atoms with Crippen LogP contribution in [0.5, 0.6) is 0 Å².